The maximum absolute atomic E-state index is 14.5. The van der Waals surface area contributed by atoms with Crippen LogP contribution in [0.15, 0.2) is 48.6 Å². The molecule has 0 radical (unpaired) electrons. The smallest absolute Gasteiger partial charge is 0.251 e. The van der Waals surface area contributed by atoms with E-state index in [1.54, 1.807) is 28.7 Å². The van der Waals surface area contributed by atoms with Crippen LogP contribution in [0.25, 0.3) is 11.2 Å². The van der Waals surface area contributed by atoms with Gasteiger partial charge >= 0.3 is 0 Å². The lowest BCUT2D eigenvalue weighted by Crippen LogP contribution is -2.52. The van der Waals surface area contributed by atoms with Crippen LogP contribution >= 0.6 is 0 Å². The second-order valence-corrected chi connectivity index (χ2v) is 9.24. The lowest BCUT2D eigenvalue weighted by Gasteiger charge is -2.42. The largest absolute Gasteiger partial charge is 0.383 e. The van der Waals surface area contributed by atoms with Crippen molar-refractivity contribution in [3.63, 3.8) is 0 Å². The SMILES string of the molecule is CC.COCCN1CCN(C2=CN(C(=O)/C=C(\C)c3cc(F)c4nc(C)cn4c3)C(C)C=C2)C[C@@H]1C. The van der Waals surface area contributed by atoms with E-state index in [2.05, 4.69) is 33.9 Å². The maximum atomic E-state index is 14.5. The van der Waals surface area contributed by atoms with Crippen molar-refractivity contribution in [1.29, 1.82) is 0 Å². The number of halogens is 1. The van der Waals surface area contributed by atoms with Crippen LogP contribution in [0.1, 0.15) is 45.9 Å². The highest BCUT2D eigenvalue weighted by Crippen LogP contribution is 2.23. The molecule has 2 aliphatic heterocycles. The Hall–Kier alpha value is -2.97. The van der Waals surface area contributed by atoms with Crippen molar-refractivity contribution in [2.45, 2.75) is 53.6 Å². The average molecular weight is 498 g/mol. The van der Waals surface area contributed by atoms with Gasteiger partial charge in [-0.3, -0.25) is 9.69 Å². The fraction of sp³-hybridized carbons (Fsp3) is 0.500. The molecule has 36 heavy (non-hydrogen) atoms. The number of carbonyl (C=O) groups is 1. The number of allylic oxidation sites excluding steroid dienone is 2. The van der Waals surface area contributed by atoms with Gasteiger partial charge in [-0.2, -0.15) is 0 Å². The van der Waals surface area contributed by atoms with Gasteiger partial charge in [0.2, 0.25) is 0 Å². The van der Waals surface area contributed by atoms with Crippen molar-refractivity contribution in [3.05, 3.63) is 65.7 Å². The van der Waals surface area contributed by atoms with E-state index in [9.17, 15) is 9.18 Å². The first-order chi connectivity index (χ1) is 17.3. The Labute approximate surface area is 214 Å². The van der Waals surface area contributed by atoms with Gasteiger partial charge in [0.15, 0.2) is 11.5 Å². The molecular weight excluding hydrogens is 457 g/mol. The Morgan fingerprint density at radius 1 is 1.25 bits per heavy atom. The number of pyridine rings is 1. The van der Waals surface area contributed by atoms with Gasteiger partial charge in [0.05, 0.1) is 24.0 Å². The van der Waals surface area contributed by atoms with E-state index in [1.165, 1.54) is 6.07 Å². The van der Waals surface area contributed by atoms with E-state index in [0.717, 1.165) is 44.2 Å². The molecule has 2 atom stereocenters. The number of ether oxygens (including phenoxy) is 1. The Balaban J connectivity index is 0.00000176. The number of fused-ring (bicyclic) bond motifs is 1. The first-order valence-electron chi connectivity index (χ1n) is 12.8. The molecule has 0 bridgehead atoms. The van der Waals surface area contributed by atoms with E-state index in [1.807, 2.05) is 47.0 Å². The number of rotatable bonds is 6. The molecular formula is C28H40FN5O2. The fourth-order valence-corrected chi connectivity index (χ4v) is 4.59. The number of hydrogen-bond donors (Lipinski definition) is 0. The van der Waals surface area contributed by atoms with Gasteiger partial charge in [0.1, 0.15) is 0 Å². The quantitative estimate of drug-likeness (QED) is 0.551. The van der Waals surface area contributed by atoms with Gasteiger partial charge in [-0.25, -0.2) is 9.37 Å². The third kappa shape index (κ3) is 6.23. The van der Waals surface area contributed by atoms with Crippen LogP contribution in [0, 0.1) is 12.7 Å². The normalized spacial score (nSPS) is 20.9. The van der Waals surface area contributed by atoms with Gasteiger partial charge in [-0.1, -0.05) is 19.9 Å². The number of imidazole rings is 1. The Bertz CT molecular complexity index is 1150. The third-order valence-corrected chi connectivity index (χ3v) is 6.65. The highest BCUT2D eigenvalue weighted by molar-refractivity contribution is 5.96. The first kappa shape index (κ1) is 27.6. The number of methoxy groups -OCH3 is 1. The Morgan fingerprint density at radius 2 is 2.00 bits per heavy atom. The molecule has 0 saturated carbocycles. The van der Waals surface area contributed by atoms with E-state index >= 15 is 0 Å². The van der Waals surface area contributed by atoms with Crippen LogP contribution in [0.3, 0.4) is 0 Å². The number of piperazine rings is 1. The molecule has 2 aromatic heterocycles. The summed E-state index contributed by atoms with van der Waals surface area (Å²) in [4.78, 5) is 23.9. The standard InChI is InChI=1S/C26H34FN5O2.C2H6/c1-18(22-13-24(27)26-28-19(2)14-31(26)16-22)12-25(33)32-17-23(7-6-20(32)3)30-9-8-29(10-11-34-5)21(4)15-30;1-2/h6-7,12-14,16-17,20-21H,8-11,15H2,1-5H3;1-2H3/b18-12+;/t20?,21-;/m0./s1. The number of amides is 1. The zero-order valence-electron chi connectivity index (χ0n) is 22.7. The average Bonchev–Trinajstić information content (AvgIpc) is 3.25. The van der Waals surface area contributed by atoms with Crippen molar-refractivity contribution < 1.29 is 13.9 Å². The molecule has 1 fully saturated rings. The van der Waals surface area contributed by atoms with E-state index < -0.39 is 5.82 Å². The van der Waals surface area contributed by atoms with E-state index in [4.69, 9.17) is 4.74 Å². The molecule has 1 unspecified atom stereocenters. The van der Waals surface area contributed by atoms with Gasteiger partial charge in [0.25, 0.3) is 5.91 Å². The molecule has 0 N–H and O–H groups in total. The summed E-state index contributed by atoms with van der Waals surface area (Å²) in [7, 11) is 1.73. The molecule has 8 heteroatoms. The third-order valence-electron chi connectivity index (χ3n) is 6.65. The summed E-state index contributed by atoms with van der Waals surface area (Å²) in [5.74, 6) is -0.526. The molecule has 4 rings (SSSR count). The van der Waals surface area contributed by atoms with Crippen LogP contribution in [-0.2, 0) is 9.53 Å². The summed E-state index contributed by atoms with van der Waals surface area (Å²) in [5, 5.41) is 0. The number of nitrogens with zero attached hydrogens (tertiary/aromatic N) is 5. The van der Waals surface area contributed by atoms with Crippen molar-refractivity contribution >= 4 is 17.1 Å². The minimum atomic E-state index is -0.402. The zero-order chi connectivity index (χ0) is 26.4. The Kier molecular flexibility index (Phi) is 9.45. The summed E-state index contributed by atoms with van der Waals surface area (Å²) in [6.45, 7) is 16.3. The molecule has 2 aliphatic rings. The maximum Gasteiger partial charge on any atom is 0.251 e. The van der Waals surface area contributed by atoms with E-state index in [-0.39, 0.29) is 11.9 Å². The Morgan fingerprint density at radius 3 is 2.69 bits per heavy atom. The molecule has 0 spiro atoms. The molecule has 0 aliphatic carbocycles. The van der Waals surface area contributed by atoms with E-state index in [0.29, 0.717) is 22.8 Å². The van der Waals surface area contributed by atoms with Crippen molar-refractivity contribution in [2.75, 3.05) is 39.9 Å². The molecule has 196 valence electrons. The lowest BCUT2D eigenvalue weighted by molar-refractivity contribution is -0.124. The first-order valence-corrected chi connectivity index (χ1v) is 12.8. The van der Waals surface area contributed by atoms with Gasteiger partial charge < -0.3 is 18.9 Å². The fourth-order valence-electron chi connectivity index (χ4n) is 4.59. The number of hydrogen-bond acceptors (Lipinski definition) is 5. The van der Waals surface area contributed by atoms with Crippen LogP contribution in [0.2, 0.25) is 0 Å². The number of aryl methyl sites for hydroxylation is 1. The van der Waals surface area contributed by atoms with Crippen LogP contribution in [0.5, 0.6) is 0 Å². The second-order valence-electron chi connectivity index (χ2n) is 9.24. The van der Waals surface area contributed by atoms with Gasteiger partial charge in [-0.15, -0.1) is 0 Å². The summed E-state index contributed by atoms with van der Waals surface area (Å²) in [6, 6.07) is 1.78. The molecule has 0 aromatic carbocycles. The van der Waals surface area contributed by atoms with Crippen molar-refractivity contribution in [3.8, 4) is 0 Å². The number of aromatic nitrogens is 2. The summed E-state index contributed by atoms with van der Waals surface area (Å²) in [6.07, 6.45) is 11.3. The second kappa shape index (κ2) is 12.3. The highest BCUT2D eigenvalue weighted by Gasteiger charge is 2.27. The molecule has 2 aromatic rings. The molecule has 1 amide bonds. The highest BCUT2D eigenvalue weighted by atomic mass is 19.1. The summed E-state index contributed by atoms with van der Waals surface area (Å²) >= 11 is 0. The number of carbonyl (C=O) groups excluding carboxylic acids is 1. The van der Waals surface area contributed by atoms with Crippen LogP contribution in [0.4, 0.5) is 4.39 Å². The predicted octanol–water partition coefficient (Wildman–Crippen LogP) is 4.49. The lowest BCUT2D eigenvalue weighted by atomic mass is 10.1. The molecule has 1 saturated heterocycles. The zero-order valence-corrected chi connectivity index (χ0v) is 22.7. The van der Waals surface area contributed by atoms with Crippen molar-refractivity contribution in [2.24, 2.45) is 0 Å². The summed E-state index contributed by atoms with van der Waals surface area (Å²) < 4.78 is 21.4. The van der Waals surface area contributed by atoms with Gasteiger partial charge in [0, 0.05) is 64.0 Å². The monoisotopic (exact) mass is 497 g/mol. The summed E-state index contributed by atoms with van der Waals surface area (Å²) in [5.41, 5.74) is 3.43. The van der Waals surface area contributed by atoms with Crippen LogP contribution in [-0.4, -0.2) is 82.0 Å². The predicted molar refractivity (Wildman–Crippen MR) is 143 cm³/mol. The van der Waals surface area contributed by atoms with Crippen molar-refractivity contribution in [1.82, 2.24) is 24.1 Å². The van der Waals surface area contributed by atoms with Crippen LogP contribution < -0.4 is 0 Å². The minimum Gasteiger partial charge on any atom is -0.383 e. The topological polar surface area (TPSA) is 53.3 Å². The molecule has 7 nitrogen and oxygen atoms in total. The minimum absolute atomic E-state index is 0.0590. The van der Waals surface area contributed by atoms with Gasteiger partial charge in [-0.05, 0) is 51.0 Å². The molecule has 4 heterocycles.